The van der Waals surface area contributed by atoms with Crippen LogP contribution in [-0.2, 0) is 31.2 Å². The van der Waals surface area contributed by atoms with E-state index in [4.69, 9.17) is 9.90 Å². The summed E-state index contributed by atoms with van der Waals surface area (Å²) in [7, 11) is 1.94. The SMILES string of the molecule is Cn1cc(CN2CCc3ncnc(-c4ccc(F)cc4)c3CC2)cn1.O=C(O)C(F)(F)F. The maximum atomic E-state index is 13.2. The van der Waals surface area contributed by atoms with Crippen LogP contribution < -0.4 is 0 Å². The zero-order chi connectivity index (χ0) is 23.3. The smallest absolute Gasteiger partial charge is 0.475 e. The molecule has 1 aliphatic heterocycles. The highest BCUT2D eigenvalue weighted by atomic mass is 19.4. The van der Waals surface area contributed by atoms with Gasteiger partial charge in [-0.2, -0.15) is 18.3 Å². The molecule has 0 unspecified atom stereocenters. The minimum absolute atomic E-state index is 0.230. The summed E-state index contributed by atoms with van der Waals surface area (Å²) in [5.74, 6) is -2.99. The van der Waals surface area contributed by atoms with Gasteiger partial charge in [0, 0.05) is 61.7 Å². The van der Waals surface area contributed by atoms with Crippen molar-refractivity contribution >= 4 is 5.97 Å². The average Bonchev–Trinajstić information content (AvgIpc) is 3.03. The molecule has 7 nitrogen and oxygen atoms in total. The lowest BCUT2D eigenvalue weighted by atomic mass is 10.0. The maximum Gasteiger partial charge on any atom is 0.490 e. The van der Waals surface area contributed by atoms with Crippen molar-refractivity contribution in [2.45, 2.75) is 25.6 Å². The molecule has 32 heavy (non-hydrogen) atoms. The quantitative estimate of drug-likeness (QED) is 0.616. The van der Waals surface area contributed by atoms with Crippen LogP contribution in [0.25, 0.3) is 11.3 Å². The second-order valence-corrected chi connectivity index (χ2v) is 7.26. The Kier molecular flexibility index (Phi) is 7.18. The average molecular weight is 451 g/mol. The zero-order valence-electron chi connectivity index (χ0n) is 17.2. The van der Waals surface area contributed by atoms with Crippen LogP contribution in [-0.4, -0.2) is 55.0 Å². The van der Waals surface area contributed by atoms with Crippen molar-refractivity contribution in [2.24, 2.45) is 7.05 Å². The van der Waals surface area contributed by atoms with Crippen LogP contribution in [0.3, 0.4) is 0 Å². The number of hydrogen-bond donors (Lipinski definition) is 1. The monoisotopic (exact) mass is 451 g/mol. The largest absolute Gasteiger partial charge is 0.490 e. The normalized spacial score (nSPS) is 14.2. The molecule has 1 aromatic carbocycles. The van der Waals surface area contributed by atoms with E-state index in [0.29, 0.717) is 0 Å². The number of halogens is 4. The fourth-order valence-corrected chi connectivity index (χ4v) is 3.40. The van der Waals surface area contributed by atoms with Gasteiger partial charge in [0.2, 0.25) is 0 Å². The number of fused-ring (bicyclic) bond motifs is 1. The van der Waals surface area contributed by atoms with Gasteiger partial charge < -0.3 is 5.11 Å². The van der Waals surface area contributed by atoms with E-state index in [-0.39, 0.29) is 5.82 Å². The predicted molar refractivity (Wildman–Crippen MR) is 107 cm³/mol. The Hall–Kier alpha value is -3.34. The Balaban J connectivity index is 0.000000360. The molecular weight excluding hydrogens is 430 g/mol. The molecule has 0 bridgehead atoms. The van der Waals surface area contributed by atoms with Crippen molar-refractivity contribution in [2.75, 3.05) is 13.1 Å². The molecule has 3 aromatic rings. The number of aliphatic carboxylic acids is 1. The summed E-state index contributed by atoms with van der Waals surface area (Å²) in [5.41, 5.74) is 5.37. The number of aromatic nitrogens is 4. The van der Waals surface area contributed by atoms with Gasteiger partial charge in [-0.25, -0.2) is 19.2 Å². The van der Waals surface area contributed by atoms with Crippen LogP contribution in [0.4, 0.5) is 17.6 Å². The van der Waals surface area contributed by atoms with E-state index < -0.39 is 12.1 Å². The molecule has 0 aliphatic carbocycles. The van der Waals surface area contributed by atoms with E-state index in [1.54, 1.807) is 18.5 Å². The van der Waals surface area contributed by atoms with Crippen LogP contribution in [0.5, 0.6) is 0 Å². The molecule has 4 rings (SSSR count). The molecular formula is C21H21F4N5O2. The summed E-state index contributed by atoms with van der Waals surface area (Å²) in [6.45, 7) is 2.80. The number of carboxylic acid groups (broad SMARTS) is 1. The first-order chi connectivity index (χ1) is 15.1. The maximum absolute atomic E-state index is 13.2. The van der Waals surface area contributed by atoms with Gasteiger partial charge >= 0.3 is 12.1 Å². The third-order valence-corrected chi connectivity index (χ3v) is 4.90. The number of carbonyl (C=O) groups is 1. The summed E-state index contributed by atoms with van der Waals surface area (Å²) in [5, 5.41) is 11.4. The van der Waals surface area contributed by atoms with Gasteiger partial charge in [-0.3, -0.25) is 9.58 Å². The fourth-order valence-electron chi connectivity index (χ4n) is 3.40. The van der Waals surface area contributed by atoms with Gasteiger partial charge in [0.1, 0.15) is 12.1 Å². The summed E-state index contributed by atoms with van der Waals surface area (Å²) in [4.78, 5) is 20.3. The number of benzene rings is 1. The highest BCUT2D eigenvalue weighted by Crippen LogP contribution is 2.26. The van der Waals surface area contributed by atoms with Crippen molar-refractivity contribution in [3.63, 3.8) is 0 Å². The standard InChI is InChI=1S/C19H20FN5.C2HF3O2/c1-24-11-14(10-23-24)12-25-8-6-17-18(7-9-25)21-13-22-19(17)15-2-4-16(20)5-3-15;3-2(4,5)1(6)7/h2-5,10-11,13H,6-9,12H2,1H3;(H,6,7). The second kappa shape index (κ2) is 9.86. The molecule has 0 saturated heterocycles. The van der Waals surface area contributed by atoms with Crippen molar-refractivity contribution in [1.29, 1.82) is 0 Å². The van der Waals surface area contributed by atoms with Crippen LogP contribution >= 0.6 is 0 Å². The van der Waals surface area contributed by atoms with Gasteiger partial charge in [0.15, 0.2) is 0 Å². The van der Waals surface area contributed by atoms with Crippen molar-refractivity contribution in [3.8, 4) is 11.3 Å². The van der Waals surface area contributed by atoms with Crippen LogP contribution in [0, 0.1) is 5.82 Å². The van der Waals surface area contributed by atoms with Gasteiger partial charge in [-0.15, -0.1) is 0 Å². The summed E-state index contributed by atoms with van der Waals surface area (Å²) < 4.78 is 46.8. The molecule has 0 radical (unpaired) electrons. The molecule has 0 fully saturated rings. The fraction of sp³-hybridized carbons (Fsp3) is 0.333. The van der Waals surface area contributed by atoms with Gasteiger partial charge in [0.05, 0.1) is 11.9 Å². The van der Waals surface area contributed by atoms with Crippen molar-refractivity contribution < 1.29 is 27.5 Å². The van der Waals surface area contributed by atoms with E-state index in [1.165, 1.54) is 23.3 Å². The molecule has 0 amide bonds. The first-order valence-electron chi connectivity index (χ1n) is 9.72. The van der Waals surface area contributed by atoms with E-state index in [9.17, 15) is 17.6 Å². The molecule has 0 saturated carbocycles. The van der Waals surface area contributed by atoms with E-state index in [2.05, 4.69) is 26.2 Å². The van der Waals surface area contributed by atoms with E-state index in [0.717, 1.165) is 49.4 Å². The first kappa shape index (κ1) is 23.3. The van der Waals surface area contributed by atoms with Gasteiger partial charge in [-0.05, 0) is 30.7 Å². The number of alkyl halides is 3. The zero-order valence-corrected chi connectivity index (χ0v) is 17.2. The molecule has 2 aromatic heterocycles. The molecule has 0 spiro atoms. The van der Waals surface area contributed by atoms with Crippen molar-refractivity contribution in [3.05, 3.63) is 65.6 Å². The van der Waals surface area contributed by atoms with E-state index in [1.807, 2.05) is 17.9 Å². The Bertz CT molecular complexity index is 1070. The first-order valence-corrected chi connectivity index (χ1v) is 9.72. The molecule has 0 atom stereocenters. The Morgan fingerprint density at radius 1 is 1.12 bits per heavy atom. The minimum atomic E-state index is -5.08. The molecule has 3 heterocycles. The number of aryl methyl sites for hydroxylation is 1. The van der Waals surface area contributed by atoms with Crippen LogP contribution in [0.15, 0.2) is 43.0 Å². The number of hydrogen-bond acceptors (Lipinski definition) is 5. The number of rotatable bonds is 3. The van der Waals surface area contributed by atoms with Gasteiger partial charge in [0.25, 0.3) is 0 Å². The van der Waals surface area contributed by atoms with Crippen molar-refractivity contribution in [1.82, 2.24) is 24.6 Å². The second-order valence-electron chi connectivity index (χ2n) is 7.26. The van der Waals surface area contributed by atoms with Crippen LogP contribution in [0.1, 0.15) is 16.8 Å². The summed E-state index contributed by atoms with van der Waals surface area (Å²) in [6.07, 6.45) is 2.30. The minimum Gasteiger partial charge on any atom is -0.475 e. The Morgan fingerprint density at radius 3 is 2.38 bits per heavy atom. The van der Waals surface area contributed by atoms with Crippen LogP contribution in [0.2, 0.25) is 0 Å². The topological polar surface area (TPSA) is 84.1 Å². The third kappa shape index (κ3) is 6.10. The lowest BCUT2D eigenvalue weighted by molar-refractivity contribution is -0.192. The molecule has 170 valence electrons. The lowest BCUT2D eigenvalue weighted by Gasteiger charge is -2.18. The lowest BCUT2D eigenvalue weighted by Crippen LogP contribution is -2.25. The Labute approximate surface area is 181 Å². The summed E-state index contributed by atoms with van der Waals surface area (Å²) >= 11 is 0. The molecule has 1 aliphatic rings. The number of nitrogens with zero attached hydrogens (tertiary/aromatic N) is 5. The highest BCUT2D eigenvalue weighted by molar-refractivity contribution is 5.73. The van der Waals surface area contributed by atoms with Gasteiger partial charge in [-0.1, -0.05) is 0 Å². The molecule has 11 heteroatoms. The Morgan fingerprint density at radius 2 is 1.78 bits per heavy atom. The molecule has 1 N–H and O–H groups in total. The third-order valence-electron chi connectivity index (χ3n) is 4.90. The highest BCUT2D eigenvalue weighted by Gasteiger charge is 2.38. The predicted octanol–water partition coefficient (Wildman–Crippen LogP) is 3.25. The summed E-state index contributed by atoms with van der Waals surface area (Å²) in [6, 6.07) is 6.54. The van der Waals surface area contributed by atoms with E-state index >= 15 is 0 Å². The number of carboxylic acids is 1.